The molecule has 12 aromatic rings. The minimum Gasteiger partial charge on any atom is -0.345 e. The highest BCUT2D eigenvalue weighted by Gasteiger charge is 2.12. The van der Waals surface area contributed by atoms with Gasteiger partial charge in [0.1, 0.15) is 0 Å². The van der Waals surface area contributed by atoms with Gasteiger partial charge in [-0.05, 0) is 128 Å². The van der Waals surface area contributed by atoms with Crippen molar-refractivity contribution in [2.45, 2.75) is 0 Å². The van der Waals surface area contributed by atoms with Crippen LogP contribution in [-0.2, 0) is 0 Å². The van der Waals surface area contributed by atoms with Crippen molar-refractivity contribution in [3.63, 3.8) is 0 Å². The van der Waals surface area contributed by atoms with E-state index in [2.05, 4.69) is 339 Å². The van der Waals surface area contributed by atoms with Gasteiger partial charge in [0, 0.05) is 60.8 Å². The SMILES string of the molecule is CN(c1ccc(-c2ccccc2)cc1)c1cccc(-c2ccccc2)c1.CN(c1ccc2ccccc2c1)c1ccccc1-c1ccccc1.CN(c1cccc(-c2ccccc2)c1)c1cccc(-c2ccccc2)c1. The van der Waals surface area contributed by atoms with Gasteiger partial charge < -0.3 is 14.7 Å². The van der Waals surface area contributed by atoms with Gasteiger partial charge in [-0.1, -0.05) is 249 Å². The molecule has 0 saturated carbocycles. The number of fused-ring (bicyclic) bond motifs is 1. The van der Waals surface area contributed by atoms with Crippen LogP contribution in [0.15, 0.2) is 315 Å². The number of hydrogen-bond acceptors (Lipinski definition) is 3. The Morgan fingerprint density at radius 1 is 0.184 bits per heavy atom. The first-order valence-electron chi connectivity index (χ1n) is 25.9. The molecule has 12 rings (SSSR count). The minimum absolute atomic E-state index is 1.18. The highest BCUT2D eigenvalue weighted by molar-refractivity contribution is 5.89. The number of hydrogen-bond donors (Lipinski definition) is 0. The first kappa shape index (κ1) is 49.9. The average Bonchev–Trinajstić information content (AvgIpc) is 3.52. The molecule has 368 valence electrons. The monoisotopic (exact) mass is 979 g/mol. The van der Waals surface area contributed by atoms with Gasteiger partial charge in [-0.2, -0.15) is 0 Å². The smallest absolute Gasteiger partial charge is 0.0487 e. The Labute approximate surface area is 449 Å². The molecule has 12 aromatic carbocycles. The van der Waals surface area contributed by atoms with E-state index in [1.807, 2.05) is 12.1 Å². The van der Waals surface area contributed by atoms with Crippen molar-refractivity contribution in [2.75, 3.05) is 35.8 Å². The summed E-state index contributed by atoms with van der Waals surface area (Å²) in [6, 6.07) is 111. The van der Waals surface area contributed by atoms with E-state index in [-0.39, 0.29) is 0 Å². The fourth-order valence-electron chi connectivity index (χ4n) is 9.53. The van der Waals surface area contributed by atoms with Crippen molar-refractivity contribution < 1.29 is 0 Å². The standard InChI is InChI=1S/2C25H21N.C23H19N/c1-26(24-16-8-14-22(18-24)20-10-4-2-5-11-20)25-17-9-15-23(19-25)21-12-6-3-7-13-21;1-26(24-17-15-22(16-18-24)20-9-4-2-5-10-20)25-14-8-13-23(19-25)21-11-6-3-7-12-21;1-24(21-16-15-18-9-5-6-12-20(18)17-21)23-14-8-7-13-22(23)19-10-3-2-4-11-19/h2*2-19H,1H3;2-17H,1H3. The quantitative estimate of drug-likeness (QED) is 0.128. The lowest BCUT2D eigenvalue weighted by Crippen LogP contribution is -2.10. The first-order chi connectivity index (χ1) is 37.4. The van der Waals surface area contributed by atoms with Gasteiger partial charge in [-0.15, -0.1) is 0 Å². The van der Waals surface area contributed by atoms with E-state index in [9.17, 15) is 0 Å². The number of anilines is 6. The fourth-order valence-corrected chi connectivity index (χ4v) is 9.53. The van der Waals surface area contributed by atoms with E-state index < -0.39 is 0 Å². The maximum Gasteiger partial charge on any atom is 0.0487 e. The summed E-state index contributed by atoms with van der Waals surface area (Å²) in [5.41, 5.74) is 19.5. The van der Waals surface area contributed by atoms with Gasteiger partial charge in [0.2, 0.25) is 0 Å². The second-order valence-corrected chi connectivity index (χ2v) is 18.8. The highest BCUT2D eigenvalue weighted by atomic mass is 15.1. The summed E-state index contributed by atoms with van der Waals surface area (Å²) in [7, 11) is 6.36. The van der Waals surface area contributed by atoms with Crippen LogP contribution in [0.1, 0.15) is 0 Å². The normalized spacial score (nSPS) is 10.6. The molecule has 0 amide bonds. The molecule has 0 aliphatic heterocycles. The maximum atomic E-state index is 2.26. The Morgan fingerprint density at radius 2 is 0.500 bits per heavy atom. The molecule has 0 heterocycles. The molecule has 0 atom stereocenters. The van der Waals surface area contributed by atoms with Crippen LogP contribution < -0.4 is 14.7 Å². The number of benzene rings is 12. The molecule has 0 fully saturated rings. The van der Waals surface area contributed by atoms with E-state index in [1.54, 1.807) is 0 Å². The zero-order valence-electron chi connectivity index (χ0n) is 43.4. The number of rotatable bonds is 11. The zero-order valence-corrected chi connectivity index (χ0v) is 43.4. The van der Waals surface area contributed by atoms with Crippen molar-refractivity contribution in [2.24, 2.45) is 0 Å². The third-order valence-corrected chi connectivity index (χ3v) is 13.9. The lowest BCUT2D eigenvalue weighted by Gasteiger charge is -2.23. The second kappa shape index (κ2) is 24.3. The molecule has 0 unspecified atom stereocenters. The number of para-hydroxylation sites is 1. The van der Waals surface area contributed by atoms with Gasteiger partial charge in [-0.25, -0.2) is 0 Å². The first-order valence-corrected chi connectivity index (χ1v) is 25.9. The van der Waals surface area contributed by atoms with E-state index in [1.165, 1.54) is 101 Å². The fraction of sp³-hybridized carbons (Fsp3) is 0.0411. The topological polar surface area (TPSA) is 9.72 Å². The van der Waals surface area contributed by atoms with Crippen molar-refractivity contribution in [1.29, 1.82) is 0 Å². The van der Waals surface area contributed by atoms with Crippen LogP contribution in [0.5, 0.6) is 0 Å². The lowest BCUT2D eigenvalue weighted by atomic mass is 10.0. The summed E-state index contributed by atoms with van der Waals surface area (Å²) in [5.74, 6) is 0. The highest BCUT2D eigenvalue weighted by Crippen LogP contribution is 2.36. The Morgan fingerprint density at radius 3 is 0.961 bits per heavy atom. The summed E-state index contributed by atoms with van der Waals surface area (Å²) in [6.07, 6.45) is 0. The second-order valence-electron chi connectivity index (χ2n) is 18.8. The van der Waals surface area contributed by atoms with Crippen LogP contribution in [0, 0.1) is 0 Å². The van der Waals surface area contributed by atoms with E-state index in [4.69, 9.17) is 0 Å². The average molecular weight is 980 g/mol. The molecule has 0 spiro atoms. The largest absolute Gasteiger partial charge is 0.345 e. The molecule has 0 N–H and O–H groups in total. The molecule has 76 heavy (non-hydrogen) atoms. The van der Waals surface area contributed by atoms with Gasteiger partial charge in [0.05, 0.1) is 0 Å². The maximum absolute atomic E-state index is 2.26. The predicted molar refractivity (Wildman–Crippen MR) is 328 cm³/mol. The van der Waals surface area contributed by atoms with Crippen molar-refractivity contribution in [1.82, 2.24) is 0 Å². The Kier molecular flexibility index (Phi) is 16.0. The molecule has 0 aliphatic rings. The van der Waals surface area contributed by atoms with Crippen LogP contribution in [0.25, 0.3) is 66.4 Å². The van der Waals surface area contributed by atoms with Crippen LogP contribution in [0.2, 0.25) is 0 Å². The molecule has 3 nitrogen and oxygen atoms in total. The molecule has 3 heteroatoms. The van der Waals surface area contributed by atoms with Crippen LogP contribution in [0.3, 0.4) is 0 Å². The van der Waals surface area contributed by atoms with E-state index in [0.29, 0.717) is 0 Å². The van der Waals surface area contributed by atoms with Crippen molar-refractivity contribution in [3.05, 3.63) is 315 Å². The molecular weight excluding hydrogens is 919 g/mol. The molecule has 0 radical (unpaired) electrons. The molecular formula is C73H61N3. The van der Waals surface area contributed by atoms with Crippen molar-refractivity contribution in [3.8, 4) is 55.6 Å². The molecule has 0 aromatic heterocycles. The summed E-state index contributed by atoms with van der Waals surface area (Å²) >= 11 is 0. The Balaban J connectivity index is 0.000000130. The van der Waals surface area contributed by atoms with Gasteiger partial charge in [-0.3, -0.25) is 0 Å². The third kappa shape index (κ3) is 12.2. The van der Waals surface area contributed by atoms with Crippen LogP contribution >= 0.6 is 0 Å². The Hall–Kier alpha value is -9.70. The minimum atomic E-state index is 1.18. The predicted octanol–water partition coefficient (Wildman–Crippen LogP) is 19.9. The summed E-state index contributed by atoms with van der Waals surface area (Å²) in [5, 5.41) is 2.53. The van der Waals surface area contributed by atoms with Gasteiger partial charge >= 0.3 is 0 Å². The summed E-state index contributed by atoms with van der Waals surface area (Å²) in [6.45, 7) is 0. The molecule has 0 bridgehead atoms. The van der Waals surface area contributed by atoms with Crippen LogP contribution in [-0.4, -0.2) is 21.1 Å². The van der Waals surface area contributed by atoms with Crippen LogP contribution in [0.4, 0.5) is 34.1 Å². The lowest BCUT2D eigenvalue weighted by molar-refractivity contribution is 1.21. The third-order valence-electron chi connectivity index (χ3n) is 13.9. The Bertz CT molecular complexity index is 3650. The van der Waals surface area contributed by atoms with Crippen molar-refractivity contribution >= 4 is 44.9 Å². The van der Waals surface area contributed by atoms with E-state index >= 15 is 0 Å². The summed E-state index contributed by atoms with van der Waals surface area (Å²) < 4.78 is 0. The summed E-state index contributed by atoms with van der Waals surface area (Å²) in [4.78, 5) is 6.72. The molecule has 0 saturated heterocycles. The number of nitrogens with zero attached hydrogens (tertiary/aromatic N) is 3. The van der Waals surface area contributed by atoms with Gasteiger partial charge in [0.25, 0.3) is 0 Å². The van der Waals surface area contributed by atoms with E-state index in [0.717, 1.165) is 0 Å². The zero-order chi connectivity index (χ0) is 51.9. The van der Waals surface area contributed by atoms with Gasteiger partial charge in [0.15, 0.2) is 0 Å². The molecule has 0 aliphatic carbocycles.